The molecule has 0 fully saturated rings. The van der Waals surface area contributed by atoms with Crippen molar-refractivity contribution < 1.29 is 14.7 Å². The molecule has 1 heterocycles. The van der Waals surface area contributed by atoms with Crippen molar-refractivity contribution in [1.82, 2.24) is 15.3 Å². The number of rotatable bonds is 4. The Kier molecular flexibility index (Phi) is 3.59. The predicted molar refractivity (Wildman–Crippen MR) is 52.3 cm³/mol. The molecule has 1 amide bonds. The minimum Gasteiger partial charge on any atom is -0.481 e. The lowest BCUT2D eigenvalue weighted by molar-refractivity contribution is -0.136. The van der Waals surface area contributed by atoms with Crippen LogP contribution in [0.25, 0.3) is 0 Å². The number of nitrogens with one attached hydrogen (secondary N) is 3. The molecule has 0 bridgehead atoms. The van der Waals surface area contributed by atoms with E-state index in [0.29, 0.717) is 0 Å². The number of H-pyrrole nitrogens is 2. The highest BCUT2D eigenvalue weighted by molar-refractivity contribution is 5.93. The van der Waals surface area contributed by atoms with Crippen LogP contribution in [0.2, 0.25) is 0 Å². The molecule has 0 spiro atoms. The third kappa shape index (κ3) is 3.08. The first kappa shape index (κ1) is 11.7. The number of hydrogen-bond acceptors (Lipinski definition) is 4. The maximum Gasteiger partial charge on any atom is 0.325 e. The highest BCUT2D eigenvalue weighted by Crippen LogP contribution is 1.85. The number of amides is 1. The van der Waals surface area contributed by atoms with Gasteiger partial charge in [-0.1, -0.05) is 0 Å². The highest BCUT2D eigenvalue weighted by Gasteiger charge is 2.10. The van der Waals surface area contributed by atoms with Gasteiger partial charge in [0.1, 0.15) is 5.56 Å². The SMILES string of the molecule is O=C(O)CCNC(=O)c1c[nH]c(=O)[nH]c1=O. The summed E-state index contributed by atoms with van der Waals surface area (Å²) in [6.07, 6.45) is 0.726. The third-order valence-corrected chi connectivity index (χ3v) is 1.69. The van der Waals surface area contributed by atoms with E-state index in [0.717, 1.165) is 6.20 Å². The highest BCUT2D eigenvalue weighted by atomic mass is 16.4. The molecule has 1 aromatic rings. The van der Waals surface area contributed by atoms with Crippen molar-refractivity contribution in [2.24, 2.45) is 0 Å². The Bertz CT molecular complexity index is 515. The van der Waals surface area contributed by atoms with Crippen LogP contribution in [-0.4, -0.2) is 33.5 Å². The summed E-state index contributed by atoms with van der Waals surface area (Å²) in [4.78, 5) is 47.3. The summed E-state index contributed by atoms with van der Waals surface area (Å²) in [5.41, 5.74) is -1.81. The number of hydrogen-bond donors (Lipinski definition) is 4. The Morgan fingerprint density at radius 2 is 2.06 bits per heavy atom. The summed E-state index contributed by atoms with van der Waals surface area (Å²) >= 11 is 0. The molecule has 0 aliphatic carbocycles. The van der Waals surface area contributed by atoms with Crippen LogP contribution in [-0.2, 0) is 4.79 Å². The predicted octanol–water partition coefficient (Wildman–Crippen LogP) is -1.73. The summed E-state index contributed by atoms with van der Waals surface area (Å²) in [6, 6.07) is 0. The van der Waals surface area contributed by atoms with E-state index in [9.17, 15) is 19.2 Å². The average Bonchev–Trinajstić information content (AvgIpc) is 2.16. The summed E-state index contributed by atoms with van der Waals surface area (Å²) in [5.74, 6) is -1.80. The van der Waals surface area contributed by atoms with Gasteiger partial charge in [-0.25, -0.2) is 4.79 Å². The van der Waals surface area contributed by atoms with Gasteiger partial charge < -0.3 is 15.4 Å². The second-order valence-electron chi connectivity index (χ2n) is 2.89. The molecule has 0 saturated carbocycles. The van der Waals surface area contributed by atoms with Gasteiger partial charge in [-0.2, -0.15) is 0 Å². The number of aromatic nitrogens is 2. The lowest BCUT2D eigenvalue weighted by Crippen LogP contribution is -2.34. The van der Waals surface area contributed by atoms with Crippen LogP contribution in [0.4, 0.5) is 0 Å². The van der Waals surface area contributed by atoms with Crippen LogP contribution in [0.1, 0.15) is 16.8 Å². The number of carbonyl (C=O) groups excluding carboxylic acids is 1. The molecule has 0 aliphatic rings. The first-order valence-electron chi connectivity index (χ1n) is 4.32. The standard InChI is InChI=1S/C8H9N3O5/c12-5(13)1-2-9-6(14)4-3-10-8(16)11-7(4)15/h3H,1-2H2,(H,9,14)(H,12,13)(H2,10,11,15,16). The van der Waals surface area contributed by atoms with Gasteiger partial charge in [0, 0.05) is 12.7 Å². The Morgan fingerprint density at radius 1 is 1.38 bits per heavy atom. The van der Waals surface area contributed by atoms with Crippen LogP contribution in [0.15, 0.2) is 15.8 Å². The first-order chi connectivity index (χ1) is 7.50. The fraction of sp³-hybridized carbons (Fsp3) is 0.250. The van der Waals surface area contributed by atoms with Gasteiger partial charge in [-0.15, -0.1) is 0 Å². The zero-order chi connectivity index (χ0) is 12.1. The summed E-state index contributed by atoms with van der Waals surface area (Å²) < 4.78 is 0. The Morgan fingerprint density at radius 3 is 2.62 bits per heavy atom. The van der Waals surface area contributed by atoms with Gasteiger partial charge in [-0.05, 0) is 0 Å². The van der Waals surface area contributed by atoms with Crippen molar-refractivity contribution in [1.29, 1.82) is 0 Å². The van der Waals surface area contributed by atoms with E-state index in [2.05, 4.69) is 10.3 Å². The van der Waals surface area contributed by atoms with E-state index in [1.807, 2.05) is 4.98 Å². The minimum atomic E-state index is -1.06. The topological polar surface area (TPSA) is 132 Å². The molecule has 1 rings (SSSR count). The van der Waals surface area contributed by atoms with Gasteiger partial charge in [0.2, 0.25) is 0 Å². The molecule has 0 unspecified atom stereocenters. The molecule has 8 nitrogen and oxygen atoms in total. The summed E-state index contributed by atoms with van der Waals surface area (Å²) in [7, 11) is 0. The van der Waals surface area contributed by atoms with E-state index in [1.165, 1.54) is 0 Å². The fourth-order valence-corrected chi connectivity index (χ4v) is 0.957. The summed E-state index contributed by atoms with van der Waals surface area (Å²) in [5, 5.41) is 10.5. The molecule has 16 heavy (non-hydrogen) atoms. The van der Waals surface area contributed by atoms with E-state index in [-0.39, 0.29) is 18.5 Å². The van der Waals surface area contributed by atoms with Crippen molar-refractivity contribution in [3.8, 4) is 0 Å². The molecule has 0 aromatic carbocycles. The number of aliphatic carboxylic acids is 1. The molecule has 0 radical (unpaired) electrons. The minimum absolute atomic E-state index is 0.0905. The van der Waals surface area contributed by atoms with Crippen molar-refractivity contribution in [2.45, 2.75) is 6.42 Å². The van der Waals surface area contributed by atoms with Crippen molar-refractivity contribution in [3.63, 3.8) is 0 Å². The van der Waals surface area contributed by atoms with Crippen LogP contribution >= 0.6 is 0 Å². The normalized spacial score (nSPS) is 9.75. The van der Waals surface area contributed by atoms with Crippen molar-refractivity contribution in [3.05, 3.63) is 32.6 Å². The number of carboxylic acids is 1. The number of carboxylic acid groups (broad SMARTS) is 1. The average molecular weight is 227 g/mol. The zero-order valence-corrected chi connectivity index (χ0v) is 8.07. The lowest BCUT2D eigenvalue weighted by Gasteiger charge is -2.01. The van der Waals surface area contributed by atoms with Gasteiger partial charge in [0.05, 0.1) is 6.42 Å². The van der Waals surface area contributed by atoms with Gasteiger partial charge in [0.15, 0.2) is 0 Å². The van der Waals surface area contributed by atoms with Crippen molar-refractivity contribution >= 4 is 11.9 Å². The second-order valence-corrected chi connectivity index (χ2v) is 2.89. The molecule has 0 saturated heterocycles. The molecule has 0 aliphatic heterocycles. The molecular weight excluding hydrogens is 218 g/mol. The Labute approximate surface area is 88.3 Å². The van der Waals surface area contributed by atoms with Crippen LogP contribution in [0.3, 0.4) is 0 Å². The smallest absolute Gasteiger partial charge is 0.325 e. The maximum absolute atomic E-state index is 11.3. The lowest BCUT2D eigenvalue weighted by atomic mass is 10.3. The first-order valence-corrected chi connectivity index (χ1v) is 4.32. The fourth-order valence-electron chi connectivity index (χ4n) is 0.957. The molecule has 86 valence electrons. The number of aromatic amines is 2. The van der Waals surface area contributed by atoms with E-state index in [1.54, 1.807) is 0 Å². The quantitative estimate of drug-likeness (QED) is 0.485. The van der Waals surface area contributed by atoms with Crippen molar-refractivity contribution in [2.75, 3.05) is 6.54 Å². The van der Waals surface area contributed by atoms with E-state index in [4.69, 9.17) is 5.11 Å². The van der Waals surface area contributed by atoms with Crippen LogP contribution < -0.4 is 16.6 Å². The number of carbonyl (C=O) groups is 2. The zero-order valence-electron chi connectivity index (χ0n) is 8.07. The van der Waals surface area contributed by atoms with Gasteiger partial charge in [0.25, 0.3) is 11.5 Å². The Balaban J connectivity index is 2.70. The molecule has 4 N–H and O–H groups in total. The van der Waals surface area contributed by atoms with E-state index >= 15 is 0 Å². The Hall–Kier alpha value is -2.38. The molecule has 8 heteroatoms. The monoisotopic (exact) mass is 227 g/mol. The van der Waals surface area contributed by atoms with Gasteiger partial charge >= 0.3 is 11.7 Å². The summed E-state index contributed by atoms with van der Waals surface area (Å²) in [6.45, 7) is -0.0905. The largest absolute Gasteiger partial charge is 0.481 e. The van der Waals surface area contributed by atoms with Crippen LogP contribution in [0.5, 0.6) is 0 Å². The molecule has 1 aromatic heterocycles. The molecule has 0 atom stereocenters. The van der Waals surface area contributed by atoms with Gasteiger partial charge in [-0.3, -0.25) is 19.4 Å². The van der Waals surface area contributed by atoms with E-state index < -0.39 is 23.1 Å². The third-order valence-electron chi connectivity index (χ3n) is 1.69. The second kappa shape index (κ2) is 4.91. The maximum atomic E-state index is 11.3. The molecular formula is C8H9N3O5. The van der Waals surface area contributed by atoms with Crippen LogP contribution in [0, 0.1) is 0 Å².